The molecule has 0 unspecified atom stereocenters. The van der Waals surface area contributed by atoms with Crippen LogP contribution in [0.1, 0.15) is 6.92 Å². The topological polar surface area (TPSA) is 60.7 Å². The molecule has 0 saturated carbocycles. The van der Waals surface area contributed by atoms with E-state index in [4.69, 9.17) is 15.3 Å². The lowest BCUT2D eigenvalue weighted by atomic mass is 10.3. The van der Waals surface area contributed by atoms with Crippen molar-refractivity contribution in [1.82, 2.24) is 0 Å². The molecule has 0 aromatic carbocycles. The molecule has 0 saturated heterocycles. The molecule has 0 bridgehead atoms. The summed E-state index contributed by atoms with van der Waals surface area (Å²) in [5.41, 5.74) is 0. The van der Waals surface area contributed by atoms with Crippen molar-refractivity contribution in [3.8, 4) is 0 Å². The monoisotopic (exact) mass is 220 g/mol. The summed E-state index contributed by atoms with van der Waals surface area (Å²) >= 11 is 2.81. The molecular formula is C7H9BrO3. The summed E-state index contributed by atoms with van der Waals surface area (Å²) in [5, 5.41) is 26.6. The van der Waals surface area contributed by atoms with Crippen LogP contribution in [0.15, 0.2) is 34.4 Å². The Morgan fingerprint density at radius 3 is 2.09 bits per heavy atom. The van der Waals surface area contributed by atoms with Gasteiger partial charge in [-0.1, -0.05) is 15.9 Å². The highest BCUT2D eigenvalue weighted by Gasteiger charge is 1.98. The van der Waals surface area contributed by atoms with Crippen molar-refractivity contribution in [2.24, 2.45) is 0 Å². The van der Waals surface area contributed by atoms with Gasteiger partial charge in [-0.2, -0.15) is 0 Å². The summed E-state index contributed by atoms with van der Waals surface area (Å²) < 4.78 is 0. The van der Waals surface area contributed by atoms with Gasteiger partial charge >= 0.3 is 0 Å². The van der Waals surface area contributed by atoms with Gasteiger partial charge in [0.25, 0.3) is 0 Å². The molecule has 0 radical (unpaired) electrons. The Labute approximate surface area is 73.1 Å². The lowest BCUT2D eigenvalue weighted by molar-refractivity contribution is 0.323. The molecule has 62 valence electrons. The molecule has 0 spiro atoms. The first-order chi connectivity index (χ1) is 5.11. The summed E-state index contributed by atoms with van der Waals surface area (Å²) in [5.74, 6) is -0.834. The Morgan fingerprint density at radius 1 is 1.18 bits per heavy atom. The van der Waals surface area contributed by atoms with Crippen molar-refractivity contribution in [3.05, 3.63) is 34.4 Å². The molecule has 0 aliphatic rings. The summed E-state index contributed by atoms with van der Waals surface area (Å²) in [6, 6.07) is 0. The zero-order chi connectivity index (χ0) is 8.85. The maximum absolute atomic E-state index is 8.93. The van der Waals surface area contributed by atoms with E-state index in [0.29, 0.717) is 0 Å². The van der Waals surface area contributed by atoms with Crippen LogP contribution >= 0.6 is 15.9 Å². The Balaban J connectivity index is 4.47. The Hall–Kier alpha value is -0.900. The van der Waals surface area contributed by atoms with Gasteiger partial charge in [0, 0.05) is 11.1 Å². The van der Waals surface area contributed by atoms with Gasteiger partial charge in [0.2, 0.25) is 0 Å². The number of aliphatic hydroxyl groups excluding tert-OH is 3. The Morgan fingerprint density at radius 2 is 1.73 bits per heavy atom. The van der Waals surface area contributed by atoms with Crippen molar-refractivity contribution in [1.29, 1.82) is 0 Å². The van der Waals surface area contributed by atoms with E-state index in [2.05, 4.69) is 15.9 Å². The number of hydrogen-bond acceptors (Lipinski definition) is 3. The molecule has 0 atom stereocenters. The van der Waals surface area contributed by atoms with Crippen LogP contribution in [-0.2, 0) is 0 Å². The number of rotatable bonds is 2. The van der Waals surface area contributed by atoms with E-state index in [1.54, 1.807) is 6.92 Å². The second kappa shape index (κ2) is 4.85. The zero-order valence-corrected chi connectivity index (χ0v) is 7.54. The minimum atomic E-state index is -0.391. The van der Waals surface area contributed by atoms with E-state index in [9.17, 15) is 0 Å². The molecule has 4 heteroatoms. The normalized spacial score (nSPS) is 15.3. The number of halogens is 1. The lowest BCUT2D eigenvalue weighted by Crippen LogP contribution is -1.86. The van der Waals surface area contributed by atoms with E-state index in [-0.39, 0.29) is 11.5 Å². The molecule has 0 amide bonds. The summed E-state index contributed by atoms with van der Waals surface area (Å²) in [4.78, 5) is 1.14. The smallest absolute Gasteiger partial charge is 0.164 e. The van der Waals surface area contributed by atoms with Gasteiger partial charge in [0.1, 0.15) is 5.76 Å². The summed E-state index contributed by atoms with van der Waals surface area (Å²) in [6.45, 7) is 1.61. The third-order valence-electron chi connectivity index (χ3n) is 0.946. The van der Waals surface area contributed by atoms with Gasteiger partial charge in [-0.25, -0.2) is 0 Å². The average molecular weight is 221 g/mol. The quantitative estimate of drug-likeness (QED) is 0.496. The molecule has 0 fully saturated rings. The predicted molar refractivity (Wildman–Crippen MR) is 46.7 cm³/mol. The summed E-state index contributed by atoms with van der Waals surface area (Å²) in [7, 11) is 0. The predicted octanol–water partition coefficient (Wildman–Crippen LogP) is 2.68. The number of hydrogen-bond donors (Lipinski definition) is 3. The molecule has 0 heterocycles. The lowest BCUT2D eigenvalue weighted by Gasteiger charge is -1.95. The van der Waals surface area contributed by atoms with E-state index < -0.39 is 5.76 Å². The minimum Gasteiger partial charge on any atom is -0.508 e. The molecule has 0 aromatic heterocycles. The van der Waals surface area contributed by atoms with Crippen LogP contribution in [0, 0.1) is 0 Å². The molecule has 0 aliphatic heterocycles. The molecule has 0 aromatic rings. The van der Waals surface area contributed by atoms with Gasteiger partial charge in [0.15, 0.2) is 11.5 Å². The maximum atomic E-state index is 8.93. The highest BCUT2D eigenvalue weighted by molar-refractivity contribution is 9.11. The van der Waals surface area contributed by atoms with E-state index in [1.807, 2.05) is 0 Å². The SMILES string of the molecule is C\C=C(O)/C=C(O)\C(O)=C\Br. The van der Waals surface area contributed by atoms with Crippen LogP contribution in [0.25, 0.3) is 0 Å². The molecule has 3 nitrogen and oxygen atoms in total. The first kappa shape index (κ1) is 10.1. The van der Waals surface area contributed by atoms with Gasteiger partial charge in [-0.3, -0.25) is 0 Å². The van der Waals surface area contributed by atoms with Crippen LogP contribution in [0.5, 0.6) is 0 Å². The first-order valence-corrected chi connectivity index (χ1v) is 3.79. The van der Waals surface area contributed by atoms with Crippen molar-refractivity contribution >= 4 is 15.9 Å². The number of allylic oxidation sites excluding steroid dienone is 2. The van der Waals surface area contributed by atoms with Crippen LogP contribution in [0.3, 0.4) is 0 Å². The fraction of sp³-hybridized carbons (Fsp3) is 0.143. The number of aliphatic hydroxyl groups is 3. The fourth-order valence-corrected chi connectivity index (χ4v) is 0.588. The molecule has 0 rings (SSSR count). The van der Waals surface area contributed by atoms with Crippen molar-refractivity contribution in [2.75, 3.05) is 0 Å². The molecule has 3 N–H and O–H groups in total. The first-order valence-electron chi connectivity index (χ1n) is 2.87. The van der Waals surface area contributed by atoms with Gasteiger partial charge in [-0.15, -0.1) is 0 Å². The minimum absolute atomic E-state index is 0.108. The van der Waals surface area contributed by atoms with Crippen LogP contribution in [0.2, 0.25) is 0 Å². The molecular weight excluding hydrogens is 212 g/mol. The van der Waals surface area contributed by atoms with Crippen LogP contribution in [-0.4, -0.2) is 15.3 Å². The second-order valence-electron chi connectivity index (χ2n) is 1.74. The molecule has 0 aliphatic carbocycles. The third-order valence-corrected chi connectivity index (χ3v) is 1.38. The molecule has 11 heavy (non-hydrogen) atoms. The zero-order valence-electron chi connectivity index (χ0n) is 5.95. The van der Waals surface area contributed by atoms with Gasteiger partial charge in [0.05, 0.1) is 0 Å². The van der Waals surface area contributed by atoms with Crippen LogP contribution < -0.4 is 0 Å². The van der Waals surface area contributed by atoms with E-state index in [0.717, 1.165) is 11.1 Å². The van der Waals surface area contributed by atoms with Gasteiger partial charge in [-0.05, 0) is 13.0 Å². The third kappa shape index (κ3) is 3.72. The Bertz CT molecular complexity index is 216. The average Bonchev–Trinajstić information content (AvgIpc) is 2.02. The standard InChI is InChI=1S/C7H9BrO3/c1-2-5(9)3-6(10)7(11)4-8/h2-4,9-11H,1H3/b5-2+,6-3+,7-4-. The van der Waals surface area contributed by atoms with E-state index in [1.165, 1.54) is 6.08 Å². The van der Waals surface area contributed by atoms with Crippen molar-refractivity contribution < 1.29 is 15.3 Å². The van der Waals surface area contributed by atoms with E-state index >= 15 is 0 Å². The highest BCUT2D eigenvalue weighted by atomic mass is 79.9. The second-order valence-corrected chi connectivity index (χ2v) is 2.20. The van der Waals surface area contributed by atoms with Crippen molar-refractivity contribution in [2.45, 2.75) is 6.92 Å². The summed E-state index contributed by atoms with van der Waals surface area (Å²) in [6.07, 6.45) is 2.42. The highest BCUT2D eigenvalue weighted by Crippen LogP contribution is 2.07. The fourth-order valence-electron chi connectivity index (χ4n) is 0.353. The van der Waals surface area contributed by atoms with Crippen molar-refractivity contribution in [3.63, 3.8) is 0 Å². The Kier molecular flexibility index (Phi) is 4.45. The van der Waals surface area contributed by atoms with Crippen LogP contribution in [0.4, 0.5) is 0 Å². The maximum Gasteiger partial charge on any atom is 0.164 e. The van der Waals surface area contributed by atoms with Gasteiger partial charge < -0.3 is 15.3 Å². The largest absolute Gasteiger partial charge is 0.508 e.